The van der Waals surface area contributed by atoms with Crippen LogP contribution < -0.4 is 10.6 Å². The second kappa shape index (κ2) is 5.86. The standard InChI is InChI=1S/C12H15F3N2O/c1-8(2)16-7-11(18)17-10-5-3-4-9(6-10)12(13,14)15/h3-6,8,16H,7H2,1-2H3,(H,17,18). The van der Waals surface area contributed by atoms with Crippen LogP contribution in [-0.2, 0) is 11.0 Å². The number of benzene rings is 1. The summed E-state index contributed by atoms with van der Waals surface area (Å²) in [7, 11) is 0. The zero-order chi connectivity index (χ0) is 13.8. The molecule has 0 saturated carbocycles. The first-order valence-electron chi connectivity index (χ1n) is 5.49. The molecule has 0 bridgehead atoms. The van der Waals surface area contributed by atoms with Crippen molar-refractivity contribution in [1.29, 1.82) is 0 Å². The number of nitrogens with one attached hydrogen (secondary N) is 2. The van der Waals surface area contributed by atoms with E-state index in [9.17, 15) is 18.0 Å². The first kappa shape index (κ1) is 14.5. The summed E-state index contributed by atoms with van der Waals surface area (Å²) >= 11 is 0. The van der Waals surface area contributed by atoms with Gasteiger partial charge in [0.2, 0.25) is 5.91 Å². The predicted molar refractivity (Wildman–Crippen MR) is 63.2 cm³/mol. The van der Waals surface area contributed by atoms with Gasteiger partial charge in [-0.1, -0.05) is 19.9 Å². The molecular formula is C12H15F3N2O. The number of carbonyl (C=O) groups excluding carboxylic acids is 1. The molecule has 1 aromatic rings. The van der Waals surface area contributed by atoms with Crippen LogP contribution in [0.1, 0.15) is 19.4 Å². The molecule has 18 heavy (non-hydrogen) atoms. The van der Waals surface area contributed by atoms with Crippen LogP contribution in [0.2, 0.25) is 0 Å². The van der Waals surface area contributed by atoms with E-state index >= 15 is 0 Å². The van der Waals surface area contributed by atoms with Crippen LogP contribution in [0.15, 0.2) is 24.3 Å². The third-order valence-electron chi connectivity index (χ3n) is 2.14. The van der Waals surface area contributed by atoms with Crippen molar-refractivity contribution in [2.75, 3.05) is 11.9 Å². The molecule has 1 amide bonds. The van der Waals surface area contributed by atoms with Crippen LogP contribution in [0, 0.1) is 0 Å². The minimum absolute atomic E-state index is 0.0634. The molecule has 3 nitrogen and oxygen atoms in total. The molecule has 0 aromatic heterocycles. The van der Waals surface area contributed by atoms with Crippen LogP contribution in [0.3, 0.4) is 0 Å². The molecule has 0 radical (unpaired) electrons. The molecule has 1 aromatic carbocycles. The number of alkyl halides is 3. The Morgan fingerprint density at radius 2 is 2.00 bits per heavy atom. The Balaban J connectivity index is 2.65. The third kappa shape index (κ3) is 4.75. The van der Waals surface area contributed by atoms with Gasteiger partial charge in [0, 0.05) is 11.7 Å². The highest BCUT2D eigenvalue weighted by atomic mass is 19.4. The summed E-state index contributed by atoms with van der Waals surface area (Å²) in [6, 6.07) is 4.68. The van der Waals surface area contributed by atoms with Gasteiger partial charge in [0.1, 0.15) is 0 Å². The van der Waals surface area contributed by atoms with Crippen LogP contribution in [0.4, 0.5) is 18.9 Å². The molecule has 0 atom stereocenters. The molecule has 100 valence electrons. The van der Waals surface area contributed by atoms with Gasteiger partial charge in [-0.15, -0.1) is 0 Å². The zero-order valence-corrected chi connectivity index (χ0v) is 10.1. The van der Waals surface area contributed by atoms with Crippen molar-refractivity contribution < 1.29 is 18.0 Å². The van der Waals surface area contributed by atoms with E-state index in [1.807, 2.05) is 13.8 Å². The van der Waals surface area contributed by atoms with Gasteiger partial charge in [-0.25, -0.2) is 0 Å². The quantitative estimate of drug-likeness (QED) is 0.873. The smallest absolute Gasteiger partial charge is 0.325 e. The average Bonchev–Trinajstić information content (AvgIpc) is 2.25. The molecule has 0 aliphatic heterocycles. The molecule has 1 rings (SSSR count). The minimum atomic E-state index is -4.41. The van der Waals surface area contributed by atoms with E-state index in [-0.39, 0.29) is 24.2 Å². The molecule has 0 heterocycles. The SMILES string of the molecule is CC(C)NCC(=O)Nc1cccc(C(F)(F)F)c1. The molecule has 0 aliphatic rings. The summed E-state index contributed by atoms with van der Waals surface area (Å²) in [5.74, 6) is -0.372. The van der Waals surface area contributed by atoms with Gasteiger partial charge in [0.05, 0.1) is 12.1 Å². The summed E-state index contributed by atoms with van der Waals surface area (Å²) < 4.78 is 37.3. The highest BCUT2D eigenvalue weighted by molar-refractivity contribution is 5.92. The van der Waals surface area contributed by atoms with Gasteiger partial charge in [-0.3, -0.25) is 4.79 Å². The van der Waals surface area contributed by atoms with Crippen molar-refractivity contribution >= 4 is 11.6 Å². The third-order valence-corrected chi connectivity index (χ3v) is 2.14. The van der Waals surface area contributed by atoms with Crippen molar-refractivity contribution in [3.8, 4) is 0 Å². The normalized spacial score (nSPS) is 11.7. The van der Waals surface area contributed by atoms with E-state index in [4.69, 9.17) is 0 Å². The largest absolute Gasteiger partial charge is 0.416 e. The molecule has 0 unspecified atom stereocenters. The number of hydrogen-bond acceptors (Lipinski definition) is 2. The number of anilines is 1. The van der Waals surface area contributed by atoms with Crippen molar-refractivity contribution in [3.05, 3.63) is 29.8 Å². The van der Waals surface area contributed by atoms with E-state index in [1.54, 1.807) is 0 Å². The van der Waals surface area contributed by atoms with E-state index in [2.05, 4.69) is 10.6 Å². The van der Waals surface area contributed by atoms with Crippen LogP contribution in [-0.4, -0.2) is 18.5 Å². The summed E-state index contributed by atoms with van der Waals surface area (Å²) in [6.45, 7) is 3.81. The first-order chi connectivity index (χ1) is 8.29. The van der Waals surface area contributed by atoms with Gasteiger partial charge in [-0.05, 0) is 18.2 Å². The monoisotopic (exact) mass is 260 g/mol. The topological polar surface area (TPSA) is 41.1 Å². The van der Waals surface area contributed by atoms with Crippen molar-refractivity contribution in [1.82, 2.24) is 5.32 Å². The van der Waals surface area contributed by atoms with Crippen molar-refractivity contribution in [2.45, 2.75) is 26.1 Å². The maximum atomic E-state index is 12.4. The maximum Gasteiger partial charge on any atom is 0.416 e. The number of halogens is 3. The molecular weight excluding hydrogens is 245 g/mol. The maximum absolute atomic E-state index is 12.4. The summed E-state index contributed by atoms with van der Waals surface area (Å²) in [5.41, 5.74) is -0.641. The number of carbonyl (C=O) groups is 1. The lowest BCUT2D eigenvalue weighted by Gasteiger charge is -2.11. The molecule has 0 aliphatic carbocycles. The van der Waals surface area contributed by atoms with E-state index < -0.39 is 11.7 Å². The first-order valence-corrected chi connectivity index (χ1v) is 5.49. The van der Waals surface area contributed by atoms with Crippen molar-refractivity contribution in [2.24, 2.45) is 0 Å². The molecule has 6 heteroatoms. The number of rotatable bonds is 4. The fourth-order valence-corrected chi connectivity index (χ4v) is 1.28. The Kier molecular flexibility index (Phi) is 4.72. The van der Waals surface area contributed by atoms with Crippen molar-refractivity contribution in [3.63, 3.8) is 0 Å². The molecule has 0 spiro atoms. The average molecular weight is 260 g/mol. The lowest BCUT2D eigenvalue weighted by Crippen LogP contribution is -2.32. The Bertz CT molecular complexity index is 416. The fourth-order valence-electron chi connectivity index (χ4n) is 1.28. The Labute approximate surface area is 103 Å². The Morgan fingerprint density at radius 3 is 2.56 bits per heavy atom. The molecule has 0 saturated heterocycles. The second-order valence-electron chi connectivity index (χ2n) is 4.16. The van der Waals surface area contributed by atoms with Gasteiger partial charge < -0.3 is 10.6 Å². The van der Waals surface area contributed by atoms with Gasteiger partial charge in [-0.2, -0.15) is 13.2 Å². The lowest BCUT2D eigenvalue weighted by molar-refractivity contribution is -0.137. The van der Waals surface area contributed by atoms with Crippen LogP contribution in [0.25, 0.3) is 0 Å². The number of amides is 1. The Hall–Kier alpha value is -1.56. The highest BCUT2D eigenvalue weighted by Crippen LogP contribution is 2.30. The van der Waals surface area contributed by atoms with Gasteiger partial charge in [0.15, 0.2) is 0 Å². The summed E-state index contributed by atoms with van der Waals surface area (Å²) in [5, 5.41) is 5.28. The zero-order valence-electron chi connectivity index (χ0n) is 10.1. The summed E-state index contributed by atoms with van der Waals surface area (Å²) in [6.07, 6.45) is -4.41. The number of hydrogen-bond donors (Lipinski definition) is 2. The van der Waals surface area contributed by atoms with Crippen LogP contribution in [0.5, 0.6) is 0 Å². The van der Waals surface area contributed by atoms with E-state index in [1.165, 1.54) is 12.1 Å². The molecule has 2 N–H and O–H groups in total. The fraction of sp³-hybridized carbons (Fsp3) is 0.417. The summed E-state index contributed by atoms with van der Waals surface area (Å²) in [4.78, 5) is 11.4. The van der Waals surface area contributed by atoms with Crippen LogP contribution >= 0.6 is 0 Å². The molecule has 0 fully saturated rings. The second-order valence-corrected chi connectivity index (χ2v) is 4.16. The van der Waals surface area contributed by atoms with E-state index in [0.717, 1.165) is 12.1 Å². The highest BCUT2D eigenvalue weighted by Gasteiger charge is 2.30. The van der Waals surface area contributed by atoms with Gasteiger partial charge in [0.25, 0.3) is 0 Å². The minimum Gasteiger partial charge on any atom is -0.325 e. The Morgan fingerprint density at radius 1 is 1.33 bits per heavy atom. The lowest BCUT2D eigenvalue weighted by atomic mass is 10.2. The predicted octanol–water partition coefficient (Wildman–Crippen LogP) is 2.64. The van der Waals surface area contributed by atoms with E-state index in [0.29, 0.717) is 0 Å². The van der Waals surface area contributed by atoms with Gasteiger partial charge >= 0.3 is 6.18 Å².